The minimum absolute atomic E-state index is 0.181. The molecular formula is C56H39NO. The van der Waals surface area contributed by atoms with Gasteiger partial charge in [0.25, 0.3) is 0 Å². The topological polar surface area (TPSA) is 12.5 Å². The van der Waals surface area contributed by atoms with Gasteiger partial charge in [0.05, 0.1) is 6.04 Å². The molecule has 0 saturated heterocycles. The molecule has 2 unspecified atom stereocenters. The van der Waals surface area contributed by atoms with Gasteiger partial charge in [-0.2, -0.15) is 0 Å². The van der Waals surface area contributed by atoms with Crippen molar-refractivity contribution in [2.45, 2.75) is 12.0 Å². The van der Waals surface area contributed by atoms with Crippen LogP contribution in [0.4, 0.5) is 11.4 Å². The van der Waals surface area contributed by atoms with Crippen LogP contribution in [0.15, 0.2) is 224 Å². The molecule has 1 heterocycles. The highest BCUT2D eigenvalue weighted by Gasteiger charge is 2.38. The fraction of sp³-hybridized carbons (Fsp3) is 0.0357. The first-order valence-electron chi connectivity index (χ1n) is 20.1. The van der Waals surface area contributed by atoms with Crippen LogP contribution in [-0.4, -0.2) is 6.04 Å². The second-order valence-corrected chi connectivity index (χ2v) is 15.3. The van der Waals surface area contributed by atoms with Gasteiger partial charge in [0.15, 0.2) is 0 Å². The first-order valence-corrected chi connectivity index (χ1v) is 20.1. The Bertz CT molecular complexity index is 3020. The van der Waals surface area contributed by atoms with E-state index in [0.717, 1.165) is 22.4 Å². The second-order valence-electron chi connectivity index (χ2n) is 15.3. The van der Waals surface area contributed by atoms with Crippen LogP contribution in [-0.2, 0) is 0 Å². The van der Waals surface area contributed by atoms with Gasteiger partial charge in [-0.1, -0.05) is 182 Å². The molecule has 0 fully saturated rings. The third-order valence-electron chi connectivity index (χ3n) is 11.9. The molecule has 9 aromatic carbocycles. The highest BCUT2D eigenvalue weighted by molar-refractivity contribution is 6.00. The van der Waals surface area contributed by atoms with Gasteiger partial charge in [-0.3, -0.25) is 0 Å². The number of para-hydroxylation sites is 1. The smallest absolute Gasteiger partial charge is 0.135 e. The molecule has 0 spiro atoms. The molecule has 2 nitrogen and oxygen atoms in total. The predicted octanol–water partition coefficient (Wildman–Crippen LogP) is 15.0. The molecule has 0 radical (unpaired) electrons. The van der Waals surface area contributed by atoms with Crippen LogP contribution < -0.4 is 9.64 Å². The molecule has 0 amide bonds. The second kappa shape index (κ2) is 14.3. The van der Waals surface area contributed by atoms with E-state index in [1.165, 1.54) is 72.1 Å². The van der Waals surface area contributed by atoms with Crippen molar-refractivity contribution in [3.05, 3.63) is 236 Å². The molecule has 2 aliphatic rings. The Morgan fingerprint density at radius 1 is 0.431 bits per heavy atom. The maximum Gasteiger partial charge on any atom is 0.135 e. The Balaban J connectivity index is 0.858. The number of fused-ring (bicyclic) bond motifs is 5. The van der Waals surface area contributed by atoms with E-state index in [2.05, 4.69) is 229 Å². The average Bonchev–Trinajstić information content (AvgIpc) is 3.63. The summed E-state index contributed by atoms with van der Waals surface area (Å²) in [6.07, 6.45) is 7.20. The summed E-state index contributed by atoms with van der Waals surface area (Å²) in [6.45, 7) is 0. The SMILES string of the molecule is C1=CC2c3ccc(-c4ccc(-c5ccc(Oc6ccc(-c7ccccc7)c7ccccc67)cc5)cc4)cc3N(c3ccccc3)C2C=C1c1ccc2ccccc2c1. The van der Waals surface area contributed by atoms with Gasteiger partial charge in [0.1, 0.15) is 11.5 Å². The van der Waals surface area contributed by atoms with Gasteiger partial charge in [0, 0.05) is 22.7 Å². The van der Waals surface area contributed by atoms with Crippen molar-refractivity contribution in [3.63, 3.8) is 0 Å². The van der Waals surface area contributed by atoms with Crippen LogP contribution in [0.5, 0.6) is 11.5 Å². The number of ether oxygens (including phenoxy) is 1. The molecule has 274 valence electrons. The van der Waals surface area contributed by atoms with E-state index in [0.29, 0.717) is 0 Å². The Morgan fingerprint density at radius 2 is 1.05 bits per heavy atom. The molecule has 11 rings (SSSR count). The van der Waals surface area contributed by atoms with Crippen molar-refractivity contribution >= 4 is 38.5 Å². The summed E-state index contributed by atoms with van der Waals surface area (Å²) in [4.78, 5) is 2.53. The van der Waals surface area contributed by atoms with E-state index in [4.69, 9.17) is 4.74 Å². The number of benzene rings is 9. The fourth-order valence-electron chi connectivity index (χ4n) is 8.95. The van der Waals surface area contributed by atoms with Crippen LogP contribution in [0, 0.1) is 0 Å². The summed E-state index contributed by atoms with van der Waals surface area (Å²) in [5.74, 6) is 1.94. The lowest BCUT2D eigenvalue weighted by molar-refractivity contribution is 0.488. The van der Waals surface area contributed by atoms with Crippen LogP contribution in [0.1, 0.15) is 17.0 Å². The van der Waals surface area contributed by atoms with Crippen LogP contribution in [0.25, 0.3) is 60.5 Å². The third-order valence-corrected chi connectivity index (χ3v) is 11.9. The van der Waals surface area contributed by atoms with Crippen molar-refractivity contribution < 1.29 is 4.74 Å². The number of allylic oxidation sites excluding steroid dienone is 2. The molecule has 2 atom stereocenters. The first kappa shape index (κ1) is 33.9. The van der Waals surface area contributed by atoms with Crippen LogP contribution in [0.2, 0.25) is 0 Å². The van der Waals surface area contributed by atoms with Crippen LogP contribution >= 0.6 is 0 Å². The van der Waals surface area contributed by atoms with Gasteiger partial charge >= 0.3 is 0 Å². The molecule has 0 bridgehead atoms. The minimum atomic E-state index is 0.181. The lowest BCUT2D eigenvalue weighted by Gasteiger charge is -2.30. The van der Waals surface area contributed by atoms with Gasteiger partial charge in [0.2, 0.25) is 0 Å². The lowest BCUT2D eigenvalue weighted by Crippen LogP contribution is -2.29. The Labute approximate surface area is 339 Å². The molecule has 1 aliphatic heterocycles. The monoisotopic (exact) mass is 741 g/mol. The van der Waals surface area contributed by atoms with Gasteiger partial charge < -0.3 is 9.64 Å². The number of hydrogen-bond donors (Lipinski definition) is 0. The quantitative estimate of drug-likeness (QED) is 0.161. The average molecular weight is 742 g/mol. The molecule has 2 heteroatoms. The summed E-state index contributed by atoms with van der Waals surface area (Å²) < 4.78 is 6.49. The summed E-state index contributed by atoms with van der Waals surface area (Å²) in [5.41, 5.74) is 13.5. The standard InChI is InChI=1S/C56H39NO/c1-3-12-42(13-4-1)49-33-34-56(53-18-10-9-17-50(49)53)58-48-29-25-40(26-30-48)39-19-21-41(22-20-39)45-27-31-51-52-32-28-46(44-24-23-38-11-7-8-14-43(38)35-44)37-55(52)57(54(51)36-45)47-15-5-2-6-16-47/h1-37,52,55H. The molecule has 58 heavy (non-hydrogen) atoms. The summed E-state index contributed by atoms with van der Waals surface area (Å²) in [6, 6.07) is 74.0. The van der Waals surface area contributed by atoms with E-state index in [1.807, 2.05) is 0 Å². The van der Waals surface area contributed by atoms with Crippen molar-refractivity contribution in [2.24, 2.45) is 0 Å². The number of anilines is 2. The first-order chi connectivity index (χ1) is 28.7. The highest BCUT2D eigenvalue weighted by Crippen LogP contribution is 2.50. The zero-order chi connectivity index (χ0) is 38.4. The van der Waals surface area contributed by atoms with Gasteiger partial charge in [-0.25, -0.2) is 0 Å². The molecule has 0 saturated carbocycles. The van der Waals surface area contributed by atoms with E-state index in [-0.39, 0.29) is 12.0 Å². The number of nitrogens with zero attached hydrogens (tertiary/aromatic N) is 1. The molecular weight excluding hydrogens is 703 g/mol. The zero-order valence-electron chi connectivity index (χ0n) is 31.9. The fourth-order valence-corrected chi connectivity index (χ4v) is 8.95. The van der Waals surface area contributed by atoms with Gasteiger partial charge in [-0.15, -0.1) is 0 Å². The summed E-state index contributed by atoms with van der Waals surface area (Å²) >= 11 is 0. The van der Waals surface area contributed by atoms with Crippen molar-refractivity contribution in [1.29, 1.82) is 0 Å². The Morgan fingerprint density at radius 3 is 1.83 bits per heavy atom. The predicted molar refractivity (Wildman–Crippen MR) is 243 cm³/mol. The summed E-state index contributed by atoms with van der Waals surface area (Å²) in [7, 11) is 0. The van der Waals surface area contributed by atoms with Crippen molar-refractivity contribution in [3.8, 4) is 44.9 Å². The maximum absolute atomic E-state index is 6.49. The maximum atomic E-state index is 6.49. The zero-order valence-corrected chi connectivity index (χ0v) is 31.9. The summed E-state index contributed by atoms with van der Waals surface area (Å²) in [5, 5.41) is 4.81. The lowest BCUT2D eigenvalue weighted by atomic mass is 9.86. The molecule has 1 aliphatic carbocycles. The minimum Gasteiger partial charge on any atom is -0.457 e. The van der Waals surface area contributed by atoms with E-state index in [9.17, 15) is 0 Å². The number of rotatable bonds is 7. The molecule has 9 aromatic rings. The van der Waals surface area contributed by atoms with Crippen LogP contribution in [0.3, 0.4) is 0 Å². The normalized spacial score (nSPS) is 15.6. The molecule has 0 N–H and O–H groups in total. The van der Waals surface area contributed by atoms with E-state index >= 15 is 0 Å². The third kappa shape index (κ3) is 6.07. The Kier molecular flexibility index (Phi) is 8.33. The van der Waals surface area contributed by atoms with E-state index < -0.39 is 0 Å². The van der Waals surface area contributed by atoms with Crippen molar-refractivity contribution in [1.82, 2.24) is 0 Å². The highest BCUT2D eigenvalue weighted by atomic mass is 16.5. The molecule has 0 aromatic heterocycles. The number of hydrogen-bond acceptors (Lipinski definition) is 2. The Hall–Kier alpha value is -7.42. The van der Waals surface area contributed by atoms with E-state index in [1.54, 1.807) is 0 Å². The van der Waals surface area contributed by atoms with Crippen molar-refractivity contribution in [2.75, 3.05) is 4.90 Å². The largest absolute Gasteiger partial charge is 0.457 e. The van der Waals surface area contributed by atoms with Gasteiger partial charge in [-0.05, 0) is 109 Å².